The number of nitrogens with zero attached hydrogens (tertiary/aromatic N) is 1. The highest BCUT2D eigenvalue weighted by molar-refractivity contribution is 5.74. The van der Waals surface area contributed by atoms with Gasteiger partial charge < -0.3 is 0 Å². The lowest BCUT2D eigenvalue weighted by Gasteiger charge is -2.03. The molecule has 0 unspecified atom stereocenters. The third-order valence-electron chi connectivity index (χ3n) is 3.12. The van der Waals surface area contributed by atoms with Gasteiger partial charge in [0, 0.05) is 23.2 Å². The molecule has 0 aliphatic heterocycles. The first-order valence-corrected chi connectivity index (χ1v) is 5.43. The van der Waals surface area contributed by atoms with Gasteiger partial charge in [0.05, 0.1) is 5.69 Å². The Labute approximate surface area is 89.3 Å². The van der Waals surface area contributed by atoms with E-state index in [-0.39, 0.29) is 0 Å². The average molecular weight is 198 g/mol. The summed E-state index contributed by atoms with van der Waals surface area (Å²) < 4.78 is 0. The molecule has 0 bridgehead atoms. The molecule has 3 rings (SSSR count). The van der Waals surface area contributed by atoms with Crippen molar-refractivity contribution in [3.05, 3.63) is 41.1 Å². The first kappa shape index (κ1) is 8.72. The van der Waals surface area contributed by atoms with Crippen molar-refractivity contribution >= 4 is 0 Å². The molecule has 15 heavy (non-hydrogen) atoms. The Morgan fingerprint density at radius 3 is 2.87 bits per heavy atom. The molecule has 76 valence electrons. The first-order chi connectivity index (χ1) is 7.27. The van der Waals surface area contributed by atoms with E-state index in [1.807, 2.05) is 0 Å². The summed E-state index contributed by atoms with van der Waals surface area (Å²) in [6, 6.07) is 8.54. The minimum atomic E-state index is 0.524. The van der Waals surface area contributed by atoms with Crippen molar-refractivity contribution in [1.82, 2.24) is 10.2 Å². The Morgan fingerprint density at radius 1 is 1.27 bits per heavy atom. The van der Waals surface area contributed by atoms with Gasteiger partial charge in [0.25, 0.3) is 0 Å². The minimum absolute atomic E-state index is 0.524. The maximum atomic E-state index is 4.43. The number of H-pyrrole nitrogens is 1. The van der Waals surface area contributed by atoms with Crippen molar-refractivity contribution in [2.45, 2.75) is 26.2 Å². The van der Waals surface area contributed by atoms with E-state index >= 15 is 0 Å². The highest BCUT2D eigenvalue weighted by Crippen LogP contribution is 2.38. The van der Waals surface area contributed by atoms with Crippen LogP contribution in [0, 0.1) is 0 Å². The number of rotatable bonds is 1. The van der Waals surface area contributed by atoms with E-state index in [1.54, 1.807) is 0 Å². The van der Waals surface area contributed by atoms with Crippen LogP contribution in [0.25, 0.3) is 11.3 Å². The molecular weight excluding hydrogens is 184 g/mol. The molecule has 1 aliphatic carbocycles. The highest BCUT2D eigenvalue weighted by atomic mass is 15.1. The van der Waals surface area contributed by atoms with E-state index in [0.717, 1.165) is 12.1 Å². The van der Waals surface area contributed by atoms with Gasteiger partial charge in [-0.05, 0) is 11.5 Å². The summed E-state index contributed by atoms with van der Waals surface area (Å²) in [5.74, 6) is 0.524. The van der Waals surface area contributed by atoms with Crippen LogP contribution < -0.4 is 0 Å². The molecule has 0 saturated carbocycles. The van der Waals surface area contributed by atoms with Crippen LogP contribution in [0.4, 0.5) is 0 Å². The van der Waals surface area contributed by atoms with Crippen molar-refractivity contribution in [3.8, 4) is 11.3 Å². The van der Waals surface area contributed by atoms with Gasteiger partial charge in [-0.1, -0.05) is 38.1 Å². The number of aromatic amines is 1. The zero-order chi connectivity index (χ0) is 10.4. The SMILES string of the molecule is CC(C)c1[nH]nc2c1Cc1ccccc1-2. The lowest BCUT2D eigenvalue weighted by atomic mass is 10.0. The van der Waals surface area contributed by atoms with E-state index in [4.69, 9.17) is 0 Å². The fourth-order valence-electron chi connectivity index (χ4n) is 2.35. The van der Waals surface area contributed by atoms with Gasteiger partial charge in [-0.25, -0.2) is 0 Å². The minimum Gasteiger partial charge on any atom is -0.281 e. The predicted octanol–water partition coefficient (Wildman–Crippen LogP) is 3.10. The number of hydrogen-bond donors (Lipinski definition) is 1. The van der Waals surface area contributed by atoms with Crippen molar-refractivity contribution in [1.29, 1.82) is 0 Å². The van der Waals surface area contributed by atoms with Crippen molar-refractivity contribution < 1.29 is 0 Å². The average Bonchev–Trinajstić information content (AvgIpc) is 2.74. The fraction of sp³-hybridized carbons (Fsp3) is 0.308. The van der Waals surface area contributed by atoms with Crippen LogP contribution in [0.3, 0.4) is 0 Å². The standard InChI is InChI=1S/C13H14N2/c1-8(2)12-11-7-9-5-3-4-6-10(9)13(11)15-14-12/h3-6,8H,7H2,1-2H3,(H,14,15). The number of fused-ring (bicyclic) bond motifs is 3. The Morgan fingerprint density at radius 2 is 2.07 bits per heavy atom. The molecule has 0 radical (unpaired) electrons. The summed E-state index contributed by atoms with van der Waals surface area (Å²) in [7, 11) is 0. The maximum absolute atomic E-state index is 4.43. The summed E-state index contributed by atoms with van der Waals surface area (Å²) in [6.45, 7) is 4.41. The smallest absolute Gasteiger partial charge is 0.0961 e. The predicted molar refractivity (Wildman–Crippen MR) is 60.9 cm³/mol. The molecule has 2 heteroatoms. The molecule has 0 amide bonds. The van der Waals surface area contributed by atoms with Gasteiger partial charge in [0.2, 0.25) is 0 Å². The Hall–Kier alpha value is -1.57. The normalized spacial score (nSPS) is 13.0. The van der Waals surface area contributed by atoms with Crippen LogP contribution in [-0.2, 0) is 6.42 Å². The molecule has 0 saturated heterocycles. The van der Waals surface area contributed by atoms with E-state index in [2.05, 4.69) is 48.3 Å². The third kappa shape index (κ3) is 1.14. The lowest BCUT2D eigenvalue weighted by molar-refractivity contribution is 0.799. The van der Waals surface area contributed by atoms with E-state index < -0.39 is 0 Å². The number of nitrogens with one attached hydrogen (secondary N) is 1. The second kappa shape index (κ2) is 2.96. The lowest BCUT2D eigenvalue weighted by Crippen LogP contribution is -1.93. The summed E-state index contributed by atoms with van der Waals surface area (Å²) in [5, 5.41) is 7.60. The van der Waals surface area contributed by atoms with Crippen molar-refractivity contribution in [2.75, 3.05) is 0 Å². The van der Waals surface area contributed by atoms with Crippen LogP contribution in [0.1, 0.15) is 36.6 Å². The molecule has 0 fully saturated rings. The Bertz CT molecular complexity index is 509. The molecule has 1 aromatic carbocycles. The van der Waals surface area contributed by atoms with Gasteiger partial charge in [-0.2, -0.15) is 5.10 Å². The van der Waals surface area contributed by atoms with Crippen LogP contribution in [0.5, 0.6) is 0 Å². The van der Waals surface area contributed by atoms with Crippen LogP contribution in [-0.4, -0.2) is 10.2 Å². The molecule has 1 aromatic heterocycles. The first-order valence-electron chi connectivity index (χ1n) is 5.43. The van der Waals surface area contributed by atoms with Gasteiger partial charge in [-0.3, -0.25) is 5.10 Å². The molecule has 1 aliphatic rings. The summed E-state index contributed by atoms with van der Waals surface area (Å²) in [6.07, 6.45) is 1.04. The molecule has 0 spiro atoms. The quantitative estimate of drug-likeness (QED) is 0.639. The van der Waals surface area contributed by atoms with Crippen LogP contribution >= 0.6 is 0 Å². The topological polar surface area (TPSA) is 28.7 Å². The zero-order valence-electron chi connectivity index (χ0n) is 9.04. The number of hydrogen-bond acceptors (Lipinski definition) is 1. The van der Waals surface area contributed by atoms with E-state index in [9.17, 15) is 0 Å². The van der Waals surface area contributed by atoms with Crippen LogP contribution in [0.15, 0.2) is 24.3 Å². The monoisotopic (exact) mass is 198 g/mol. The molecule has 1 N–H and O–H groups in total. The molecular formula is C13H14N2. The zero-order valence-corrected chi connectivity index (χ0v) is 9.04. The molecule has 2 nitrogen and oxygen atoms in total. The fourth-order valence-corrected chi connectivity index (χ4v) is 2.35. The van der Waals surface area contributed by atoms with Crippen molar-refractivity contribution in [3.63, 3.8) is 0 Å². The summed E-state index contributed by atoms with van der Waals surface area (Å²) in [4.78, 5) is 0. The number of aromatic nitrogens is 2. The van der Waals surface area contributed by atoms with Gasteiger partial charge in [0.1, 0.15) is 0 Å². The number of benzene rings is 1. The van der Waals surface area contributed by atoms with Gasteiger partial charge >= 0.3 is 0 Å². The highest BCUT2D eigenvalue weighted by Gasteiger charge is 2.24. The largest absolute Gasteiger partial charge is 0.281 e. The summed E-state index contributed by atoms with van der Waals surface area (Å²) in [5.41, 5.74) is 6.56. The third-order valence-corrected chi connectivity index (χ3v) is 3.12. The van der Waals surface area contributed by atoms with Crippen LogP contribution in [0.2, 0.25) is 0 Å². The second-order valence-electron chi connectivity index (χ2n) is 4.45. The molecule has 1 heterocycles. The van der Waals surface area contributed by atoms with E-state index in [0.29, 0.717) is 5.92 Å². The Kier molecular flexibility index (Phi) is 1.72. The van der Waals surface area contributed by atoms with E-state index in [1.165, 1.54) is 22.4 Å². The Balaban J connectivity index is 2.19. The molecule has 2 aromatic rings. The van der Waals surface area contributed by atoms with Crippen molar-refractivity contribution in [2.24, 2.45) is 0 Å². The van der Waals surface area contributed by atoms with Gasteiger partial charge in [0.15, 0.2) is 0 Å². The van der Waals surface area contributed by atoms with Gasteiger partial charge in [-0.15, -0.1) is 0 Å². The molecule has 0 atom stereocenters. The second-order valence-corrected chi connectivity index (χ2v) is 4.45. The maximum Gasteiger partial charge on any atom is 0.0961 e. The summed E-state index contributed by atoms with van der Waals surface area (Å²) >= 11 is 0.